The molecule has 29 heavy (non-hydrogen) atoms. The first kappa shape index (κ1) is 20.8. The number of ether oxygens (including phenoxy) is 1. The second-order valence-corrected chi connectivity index (χ2v) is 7.16. The van der Waals surface area contributed by atoms with Crippen LogP contribution in [0.3, 0.4) is 0 Å². The summed E-state index contributed by atoms with van der Waals surface area (Å²) in [5.41, 5.74) is 2.26. The SMILES string of the molecule is Cc1ccc(CNC(=O)CN2CCN(C(=O)COc3ccc(F)cc3)CC2)cc1. The lowest BCUT2D eigenvalue weighted by Gasteiger charge is -2.34. The molecule has 3 rings (SSSR count). The van der Waals surface area contributed by atoms with E-state index in [0.717, 1.165) is 5.56 Å². The van der Waals surface area contributed by atoms with Crippen molar-refractivity contribution < 1.29 is 18.7 Å². The van der Waals surface area contributed by atoms with Gasteiger partial charge in [0, 0.05) is 32.7 Å². The number of benzene rings is 2. The van der Waals surface area contributed by atoms with Crippen molar-refractivity contribution in [2.45, 2.75) is 13.5 Å². The van der Waals surface area contributed by atoms with Gasteiger partial charge in [-0.2, -0.15) is 0 Å². The molecule has 1 N–H and O–H groups in total. The Balaban J connectivity index is 1.34. The van der Waals surface area contributed by atoms with E-state index in [1.54, 1.807) is 4.90 Å². The molecular weight excluding hydrogens is 373 g/mol. The van der Waals surface area contributed by atoms with Gasteiger partial charge in [-0.3, -0.25) is 14.5 Å². The zero-order valence-electron chi connectivity index (χ0n) is 16.6. The van der Waals surface area contributed by atoms with E-state index in [4.69, 9.17) is 4.74 Å². The van der Waals surface area contributed by atoms with Gasteiger partial charge in [-0.1, -0.05) is 29.8 Å². The van der Waals surface area contributed by atoms with Gasteiger partial charge in [-0.15, -0.1) is 0 Å². The lowest BCUT2D eigenvalue weighted by molar-refractivity contribution is -0.135. The normalized spacial score (nSPS) is 14.5. The molecule has 0 saturated carbocycles. The van der Waals surface area contributed by atoms with E-state index < -0.39 is 0 Å². The molecule has 2 amide bonds. The molecule has 0 atom stereocenters. The Labute approximate surface area is 170 Å². The number of carbonyl (C=O) groups excluding carboxylic acids is 2. The van der Waals surface area contributed by atoms with E-state index in [0.29, 0.717) is 45.0 Å². The molecule has 1 aliphatic heterocycles. The molecule has 2 aromatic carbocycles. The van der Waals surface area contributed by atoms with Crippen LogP contribution in [-0.2, 0) is 16.1 Å². The van der Waals surface area contributed by atoms with Crippen molar-refractivity contribution in [3.05, 3.63) is 65.5 Å². The Kier molecular flexibility index (Phi) is 7.19. The van der Waals surface area contributed by atoms with Gasteiger partial charge in [-0.25, -0.2) is 4.39 Å². The van der Waals surface area contributed by atoms with E-state index in [2.05, 4.69) is 5.32 Å². The number of hydrogen-bond acceptors (Lipinski definition) is 4. The highest BCUT2D eigenvalue weighted by atomic mass is 19.1. The molecule has 0 radical (unpaired) electrons. The van der Waals surface area contributed by atoms with Crippen molar-refractivity contribution in [3.63, 3.8) is 0 Å². The van der Waals surface area contributed by atoms with Crippen LogP contribution in [0, 0.1) is 12.7 Å². The summed E-state index contributed by atoms with van der Waals surface area (Å²) in [7, 11) is 0. The summed E-state index contributed by atoms with van der Waals surface area (Å²) in [6.07, 6.45) is 0. The highest BCUT2D eigenvalue weighted by molar-refractivity contribution is 5.79. The second kappa shape index (κ2) is 10.0. The van der Waals surface area contributed by atoms with Gasteiger partial charge in [0.1, 0.15) is 11.6 Å². The van der Waals surface area contributed by atoms with Gasteiger partial charge >= 0.3 is 0 Å². The van der Waals surface area contributed by atoms with Crippen LogP contribution in [0.4, 0.5) is 4.39 Å². The molecule has 1 saturated heterocycles. The summed E-state index contributed by atoms with van der Waals surface area (Å²) >= 11 is 0. The molecule has 7 heteroatoms. The predicted molar refractivity (Wildman–Crippen MR) is 108 cm³/mol. The maximum Gasteiger partial charge on any atom is 0.260 e. The molecule has 0 spiro atoms. The standard InChI is InChI=1S/C22H26FN3O3/c1-17-2-4-18(5-3-17)14-24-21(27)15-25-10-12-26(13-11-25)22(28)16-29-20-8-6-19(23)7-9-20/h2-9H,10-16H2,1H3,(H,24,27). The summed E-state index contributed by atoms with van der Waals surface area (Å²) < 4.78 is 18.3. The van der Waals surface area contributed by atoms with Crippen molar-refractivity contribution in [1.82, 2.24) is 15.1 Å². The largest absolute Gasteiger partial charge is 0.484 e. The Morgan fingerprint density at radius 3 is 2.31 bits per heavy atom. The van der Waals surface area contributed by atoms with Crippen LogP contribution in [0.25, 0.3) is 0 Å². The molecule has 1 heterocycles. The molecule has 6 nitrogen and oxygen atoms in total. The number of nitrogens with one attached hydrogen (secondary N) is 1. The fourth-order valence-electron chi connectivity index (χ4n) is 3.09. The minimum absolute atomic E-state index is 0.0232. The maximum absolute atomic E-state index is 12.9. The molecule has 1 aliphatic rings. The van der Waals surface area contributed by atoms with E-state index in [-0.39, 0.29) is 24.2 Å². The second-order valence-electron chi connectivity index (χ2n) is 7.16. The zero-order chi connectivity index (χ0) is 20.6. The quantitative estimate of drug-likeness (QED) is 0.773. The van der Waals surface area contributed by atoms with Gasteiger partial charge in [-0.05, 0) is 36.8 Å². The number of halogens is 1. The molecule has 0 unspecified atom stereocenters. The Hall–Kier alpha value is -2.93. The average Bonchev–Trinajstić information content (AvgIpc) is 2.73. The third-order valence-electron chi connectivity index (χ3n) is 4.88. The first-order valence-electron chi connectivity index (χ1n) is 9.70. The summed E-state index contributed by atoms with van der Waals surface area (Å²) in [4.78, 5) is 28.2. The minimum atomic E-state index is -0.345. The Morgan fingerprint density at radius 1 is 1.00 bits per heavy atom. The lowest BCUT2D eigenvalue weighted by atomic mass is 10.1. The predicted octanol–water partition coefficient (Wildman–Crippen LogP) is 1.97. The van der Waals surface area contributed by atoms with Crippen LogP contribution in [0.1, 0.15) is 11.1 Å². The lowest BCUT2D eigenvalue weighted by Crippen LogP contribution is -2.52. The van der Waals surface area contributed by atoms with Gasteiger partial charge in [0.2, 0.25) is 5.91 Å². The van der Waals surface area contributed by atoms with Crippen molar-refractivity contribution in [2.75, 3.05) is 39.3 Å². The van der Waals surface area contributed by atoms with E-state index in [1.165, 1.54) is 29.8 Å². The first-order chi connectivity index (χ1) is 14.0. The fourth-order valence-corrected chi connectivity index (χ4v) is 3.09. The minimum Gasteiger partial charge on any atom is -0.484 e. The van der Waals surface area contributed by atoms with Crippen LogP contribution < -0.4 is 10.1 Å². The highest BCUT2D eigenvalue weighted by Crippen LogP contribution is 2.11. The van der Waals surface area contributed by atoms with Gasteiger partial charge in [0.25, 0.3) is 5.91 Å². The highest BCUT2D eigenvalue weighted by Gasteiger charge is 2.22. The van der Waals surface area contributed by atoms with Crippen LogP contribution >= 0.6 is 0 Å². The summed E-state index contributed by atoms with van der Waals surface area (Å²) in [5.74, 6) is -0.0193. The van der Waals surface area contributed by atoms with Gasteiger partial charge in [0.15, 0.2) is 6.61 Å². The summed E-state index contributed by atoms with van der Waals surface area (Å²) in [6, 6.07) is 13.6. The van der Waals surface area contributed by atoms with Gasteiger partial charge < -0.3 is 15.0 Å². The number of aryl methyl sites for hydroxylation is 1. The van der Waals surface area contributed by atoms with Crippen LogP contribution in [-0.4, -0.2) is 60.9 Å². The van der Waals surface area contributed by atoms with E-state index in [1.807, 2.05) is 36.1 Å². The number of carbonyl (C=O) groups is 2. The van der Waals surface area contributed by atoms with Crippen molar-refractivity contribution in [3.8, 4) is 5.75 Å². The molecule has 154 valence electrons. The monoisotopic (exact) mass is 399 g/mol. The zero-order valence-corrected chi connectivity index (χ0v) is 16.6. The van der Waals surface area contributed by atoms with Gasteiger partial charge in [0.05, 0.1) is 6.54 Å². The number of nitrogens with zero attached hydrogens (tertiary/aromatic N) is 2. The topological polar surface area (TPSA) is 61.9 Å². The third-order valence-corrected chi connectivity index (χ3v) is 4.88. The van der Waals surface area contributed by atoms with Crippen molar-refractivity contribution in [1.29, 1.82) is 0 Å². The summed E-state index contributed by atoms with van der Waals surface area (Å²) in [5, 5.41) is 2.93. The van der Waals surface area contributed by atoms with Crippen molar-refractivity contribution >= 4 is 11.8 Å². The number of amides is 2. The smallest absolute Gasteiger partial charge is 0.260 e. The Bertz CT molecular complexity index is 816. The Morgan fingerprint density at radius 2 is 1.66 bits per heavy atom. The molecular formula is C22H26FN3O3. The number of hydrogen-bond donors (Lipinski definition) is 1. The molecule has 0 bridgehead atoms. The number of rotatable bonds is 7. The van der Waals surface area contributed by atoms with Crippen molar-refractivity contribution in [2.24, 2.45) is 0 Å². The van der Waals surface area contributed by atoms with E-state index in [9.17, 15) is 14.0 Å². The molecule has 2 aromatic rings. The molecule has 0 aromatic heterocycles. The summed E-state index contributed by atoms with van der Waals surface area (Å²) in [6.45, 7) is 5.16. The average molecular weight is 399 g/mol. The van der Waals surface area contributed by atoms with Crippen LogP contribution in [0.15, 0.2) is 48.5 Å². The van der Waals surface area contributed by atoms with Crippen LogP contribution in [0.5, 0.6) is 5.75 Å². The van der Waals surface area contributed by atoms with E-state index >= 15 is 0 Å². The number of piperazine rings is 1. The molecule has 0 aliphatic carbocycles. The maximum atomic E-state index is 12.9. The van der Waals surface area contributed by atoms with Crippen LogP contribution in [0.2, 0.25) is 0 Å². The first-order valence-corrected chi connectivity index (χ1v) is 9.70. The fraction of sp³-hybridized carbons (Fsp3) is 0.364. The third kappa shape index (κ3) is 6.57. The molecule has 1 fully saturated rings.